The molecule has 1 aromatic rings. The Morgan fingerprint density at radius 3 is 2.23 bits per heavy atom. The van der Waals surface area contributed by atoms with Gasteiger partial charge in [-0.25, -0.2) is 4.79 Å². The van der Waals surface area contributed by atoms with E-state index < -0.39 is 35.7 Å². The molecule has 1 atom stereocenters. The van der Waals surface area contributed by atoms with Gasteiger partial charge >= 0.3 is 13.2 Å². The third kappa shape index (κ3) is 4.36. The van der Waals surface area contributed by atoms with Crippen LogP contribution < -0.4 is 5.46 Å². The van der Waals surface area contributed by atoms with Gasteiger partial charge in [0.05, 0.1) is 23.9 Å². The first-order valence-corrected chi connectivity index (χ1v) is 10.7. The van der Waals surface area contributed by atoms with Crippen LogP contribution in [0.5, 0.6) is 0 Å². The van der Waals surface area contributed by atoms with Crippen LogP contribution in [0.3, 0.4) is 0 Å². The molecule has 1 aromatic carbocycles. The molecule has 2 fully saturated rings. The first-order chi connectivity index (χ1) is 13.5. The van der Waals surface area contributed by atoms with Crippen molar-refractivity contribution in [2.75, 3.05) is 6.61 Å². The van der Waals surface area contributed by atoms with E-state index in [-0.39, 0.29) is 6.04 Å². The molecular weight excluding hydrogens is 405 g/mol. The van der Waals surface area contributed by atoms with E-state index in [9.17, 15) is 4.79 Å². The van der Waals surface area contributed by atoms with Gasteiger partial charge in [0.25, 0.3) is 0 Å². The maximum atomic E-state index is 13.0. The van der Waals surface area contributed by atoms with Gasteiger partial charge < -0.3 is 18.8 Å². The van der Waals surface area contributed by atoms with Gasteiger partial charge in [-0.2, -0.15) is 0 Å². The molecule has 0 spiro atoms. The maximum absolute atomic E-state index is 13.0. The van der Waals surface area contributed by atoms with E-state index in [0.717, 1.165) is 11.0 Å². The number of amides is 1. The Kier molecular flexibility index (Phi) is 5.77. The topological polar surface area (TPSA) is 57.2 Å². The van der Waals surface area contributed by atoms with Crippen LogP contribution in [0.2, 0.25) is 5.02 Å². The van der Waals surface area contributed by atoms with Crippen LogP contribution in [0.25, 0.3) is 0 Å². The van der Waals surface area contributed by atoms with Gasteiger partial charge in [0.2, 0.25) is 0 Å². The first kappa shape index (κ1) is 23.4. The molecule has 0 radical (unpaired) electrons. The van der Waals surface area contributed by atoms with Crippen LogP contribution in [0.4, 0.5) is 4.79 Å². The van der Waals surface area contributed by atoms with E-state index in [1.165, 1.54) is 0 Å². The molecule has 0 unspecified atom stereocenters. The summed E-state index contributed by atoms with van der Waals surface area (Å²) in [6.07, 6.45) is -0.415. The molecule has 2 aliphatic heterocycles. The summed E-state index contributed by atoms with van der Waals surface area (Å²) >= 11 is 6.51. The van der Waals surface area contributed by atoms with Gasteiger partial charge in [0, 0.05) is 10.5 Å². The second kappa shape index (κ2) is 7.40. The van der Waals surface area contributed by atoms with E-state index in [1.54, 1.807) is 4.90 Å². The van der Waals surface area contributed by atoms with Gasteiger partial charge in [-0.05, 0) is 73.9 Å². The van der Waals surface area contributed by atoms with E-state index in [1.807, 2.05) is 80.5 Å². The number of hydrogen-bond acceptors (Lipinski definition) is 5. The Balaban J connectivity index is 1.94. The first-order valence-electron chi connectivity index (χ1n) is 10.4. The molecule has 0 bridgehead atoms. The highest BCUT2D eigenvalue weighted by Gasteiger charge is 2.53. The molecule has 0 saturated carbocycles. The van der Waals surface area contributed by atoms with Crippen molar-refractivity contribution in [3.8, 4) is 0 Å². The van der Waals surface area contributed by atoms with Crippen LogP contribution in [0, 0.1) is 0 Å². The Morgan fingerprint density at radius 1 is 1.13 bits per heavy atom. The average Bonchev–Trinajstić information content (AvgIpc) is 2.98. The summed E-state index contributed by atoms with van der Waals surface area (Å²) in [4.78, 5) is 14.6. The number of benzene rings is 1. The minimum absolute atomic E-state index is 0.312. The molecular formula is C22H33BClNO5. The Bertz CT molecular complexity index is 817. The lowest BCUT2D eigenvalue weighted by Gasteiger charge is -2.35. The van der Waals surface area contributed by atoms with E-state index >= 15 is 0 Å². The second-order valence-corrected chi connectivity index (χ2v) is 10.9. The molecule has 166 valence electrons. The molecule has 0 aliphatic carbocycles. The number of carbonyl (C=O) groups excluding carboxylic acids is 1. The Morgan fingerprint density at radius 2 is 1.70 bits per heavy atom. The monoisotopic (exact) mass is 437 g/mol. The fourth-order valence-corrected chi connectivity index (χ4v) is 3.83. The van der Waals surface area contributed by atoms with Crippen molar-refractivity contribution < 1.29 is 23.6 Å². The zero-order valence-electron chi connectivity index (χ0n) is 19.5. The molecule has 0 aromatic heterocycles. The molecule has 3 rings (SSSR count). The number of ether oxygens (including phenoxy) is 2. The van der Waals surface area contributed by atoms with Crippen molar-refractivity contribution in [2.45, 2.75) is 90.9 Å². The predicted molar refractivity (Wildman–Crippen MR) is 118 cm³/mol. The lowest BCUT2D eigenvalue weighted by atomic mass is 9.77. The molecule has 6 nitrogen and oxygen atoms in total. The van der Waals surface area contributed by atoms with E-state index in [0.29, 0.717) is 11.6 Å². The molecule has 30 heavy (non-hydrogen) atoms. The fraction of sp³-hybridized carbons (Fsp3) is 0.682. The molecule has 2 aliphatic rings. The van der Waals surface area contributed by atoms with Gasteiger partial charge in [0.1, 0.15) is 11.3 Å². The molecule has 1 amide bonds. The van der Waals surface area contributed by atoms with Crippen LogP contribution in [-0.2, 0) is 18.8 Å². The number of halogens is 1. The van der Waals surface area contributed by atoms with Crippen molar-refractivity contribution in [2.24, 2.45) is 0 Å². The quantitative estimate of drug-likeness (QED) is 0.629. The SMILES string of the molecule is CC(C)(C)OC(=O)N1[C@@H](c2ccc(Cl)c(B3OC(C)(C)C(C)(C)O3)c2)COC1(C)C. The third-order valence-corrected chi connectivity index (χ3v) is 6.33. The minimum Gasteiger partial charge on any atom is -0.444 e. The van der Waals surface area contributed by atoms with Crippen LogP contribution >= 0.6 is 11.6 Å². The van der Waals surface area contributed by atoms with Crippen LogP contribution in [0.15, 0.2) is 18.2 Å². The highest BCUT2D eigenvalue weighted by atomic mass is 35.5. The van der Waals surface area contributed by atoms with E-state index in [4.69, 9.17) is 30.4 Å². The van der Waals surface area contributed by atoms with Gasteiger partial charge in [0.15, 0.2) is 0 Å². The summed E-state index contributed by atoms with van der Waals surface area (Å²) in [5.41, 5.74) is -0.719. The maximum Gasteiger partial charge on any atom is 0.496 e. The van der Waals surface area contributed by atoms with E-state index in [2.05, 4.69) is 0 Å². The van der Waals surface area contributed by atoms with Crippen molar-refractivity contribution in [3.63, 3.8) is 0 Å². The largest absolute Gasteiger partial charge is 0.496 e. The van der Waals surface area contributed by atoms with Gasteiger partial charge in [-0.15, -0.1) is 0 Å². The third-order valence-electron chi connectivity index (χ3n) is 5.99. The fourth-order valence-electron chi connectivity index (χ4n) is 3.63. The number of nitrogens with zero attached hydrogens (tertiary/aromatic N) is 1. The summed E-state index contributed by atoms with van der Waals surface area (Å²) in [6.45, 7) is 17.6. The van der Waals surface area contributed by atoms with Crippen molar-refractivity contribution in [3.05, 3.63) is 28.8 Å². The van der Waals surface area contributed by atoms with Crippen molar-refractivity contribution in [1.29, 1.82) is 0 Å². The highest BCUT2D eigenvalue weighted by Crippen LogP contribution is 2.40. The zero-order valence-corrected chi connectivity index (χ0v) is 20.2. The highest BCUT2D eigenvalue weighted by molar-refractivity contribution is 6.65. The summed E-state index contributed by atoms with van der Waals surface area (Å²) in [5, 5.41) is 0.555. The number of rotatable bonds is 2. The summed E-state index contributed by atoms with van der Waals surface area (Å²) in [7, 11) is -0.590. The molecule has 2 heterocycles. The molecule has 8 heteroatoms. The smallest absolute Gasteiger partial charge is 0.444 e. The lowest BCUT2D eigenvalue weighted by Crippen LogP contribution is -2.47. The Labute approximate surface area is 185 Å². The normalized spacial score (nSPS) is 24.9. The second-order valence-electron chi connectivity index (χ2n) is 10.5. The van der Waals surface area contributed by atoms with Crippen LogP contribution in [-0.4, -0.2) is 47.2 Å². The lowest BCUT2D eigenvalue weighted by molar-refractivity contribution is -0.0626. The number of carbonyl (C=O) groups is 1. The standard InChI is InChI=1S/C22H33BClNO5/c1-19(2,3)28-18(26)25-17(13-27-22(25,8)9)14-10-11-16(24)15(12-14)23-29-20(4,5)21(6,7)30-23/h10-12,17H,13H2,1-9H3/t17-/m1/s1. The van der Waals surface area contributed by atoms with Crippen molar-refractivity contribution in [1.82, 2.24) is 4.90 Å². The number of hydrogen-bond donors (Lipinski definition) is 0. The van der Waals surface area contributed by atoms with Crippen molar-refractivity contribution >= 4 is 30.3 Å². The van der Waals surface area contributed by atoms with Gasteiger partial charge in [-0.3, -0.25) is 4.90 Å². The Hall–Kier alpha value is -1.28. The van der Waals surface area contributed by atoms with Crippen LogP contribution in [0.1, 0.15) is 73.9 Å². The van der Waals surface area contributed by atoms with Gasteiger partial charge in [-0.1, -0.05) is 23.7 Å². The summed E-state index contributed by atoms with van der Waals surface area (Å²) in [6, 6.07) is 5.35. The molecule has 0 N–H and O–H groups in total. The zero-order chi connectivity index (χ0) is 22.7. The predicted octanol–water partition coefficient (Wildman–Crippen LogP) is 4.68. The molecule has 2 saturated heterocycles. The summed E-state index contributed by atoms with van der Waals surface area (Å²) < 4.78 is 24.0. The minimum atomic E-state index is -0.795. The average molecular weight is 438 g/mol. The summed E-state index contributed by atoms with van der Waals surface area (Å²) in [5.74, 6) is 0.